The molecule has 4 rings (SSSR count). The van der Waals surface area contributed by atoms with Crippen LogP contribution in [-0.4, -0.2) is 45.1 Å². The van der Waals surface area contributed by atoms with Crippen LogP contribution in [-0.2, 0) is 16.0 Å². The minimum Gasteiger partial charge on any atom is -0.481 e. The average molecular weight is 347 g/mol. The molecule has 2 heterocycles. The number of likely N-dealkylation sites (tertiary alicyclic amines) is 1. The number of carboxylic acids is 1. The highest BCUT2D eigenvalue weighted by molar-refractivity contribution is 5.79. The quantitative estimate of drug-likeness (QED) is 0.847. The van der Waals surface area contributed by atoms with E-state index in [-0.39, 0.29) is 11.8 Å². The molecule has 1 amide bonds. The highest BCUT2D eigenvalue weighted by Gasteiger charge is 2.46. The molecule has 1 N–H and O–H groups in total. The fraction of sp³-hybridized carbons (Fsp3) is 0.778. The maximum Gasteiger partial charge on any atom is 0.308 e. The van der Waals surface area contributed by atoms with E-state index in [1.807, 2.05) is 0 Å². The number of carboxylic acid groups (broad SMARTS) is 1. The van der Waals surface area contributed by atoms with Gasteiger partial charge in [-0.05, 0) is 37.5 Å². The second-order valence-electron chi connectivity index (χ2n) is 7.77. The smallest absolute Gasteiger partial charge is 0.308 e. The third kappa shape index (κ3) is 3.55. The molecule has 136 valence electrons. The summed E-state index contributed by atoms with van der Waals surface area (Å²) in [6.45, 7) is 0.921. The van der Waals surface area contributed by atoms with Gasteiger partial charge < -0.3 is 14.5 Å². The van der Waals surface area contributed by atoms with Gasteiger partial charge in [0.2, 0.25) is 11.8 Å². The maximum absolute atomic E-state index is 12.5. The molecule has 2 saturated carbocycles. The summed E-state index contributed by atoms with van der Waals surface area (Å²) >= 11 is 0. The van der Waals surface area contributed by atoms with E-state index in [0.717, 1.165) is 31.5 Å². The molecule has 0 spiro atoms. The lowest BCUT2D eigenvalue weighted by atomic mass is 9.92. The van der Waals surface area contributed by atoms with Gasteiger partial charge in [0.1, 0.15) is 0 Å². The zero-order valence-electron chi connectivity index (χ0n) is 14.4. The van der Waals surface area contributed by atoms with Gasteiger partial charge in [-0.15, -0.1) is 0 Å². The van der Waals surface area contributed by atoms with Gasteiger partial charge in [-0.1, -0.05) is 18.0 Å². The summed E-state index contributed by atoms with van der Waals surface area (Å²) < 4.78 is 5.29. The molecular weight excluding hydrogens is 322 g/mol. The van der Waals surface area contributed by atoms with Crippen LogP contribution in [0.5, 0.6) is 0 Å². The first-order valence-electron chi connectivity index (χ1n) is 9.45. The van der Waals surface area contributed by atoms with E-state index in [2.05, 4.69) is 10.1 Å². The third-order valence-corrected chi connectivity index (χ3v) is 6.02. The van der Waals surface area contributed by atoms with Crippen molar-refractivity contribution >= 4 is 11.9 Å². The van der Waals surface area contributed by atoms with E-state index in [0.29, 0.717) is 43.7 Å². The molecule has 7 heteroatoms. The van der Waals surface area contributed by atoms with E-state index in [1.54, 1.807) is 4.90 Å². The molecule has 3 aliphatic rings. The van der Waals surface area contributed by atoms with Crippen LogP contribution in [0.15, 0.2) is 4.52 Å². The number of rotatable bonds is 6. The molecule has 2 atom stereocenters. The number of carbonyl (C=O) groups excluding carboxylic acids is 1. The van der Waals surface area contributed by atoms with Crippen molar-refractivity contribution < 1.29 is 19.2 Å². The van der Waals surface area contributed by atoms with Gasteiger partial charge in [-0.25, -0.2) is 0 Å². The van der Waals surface area contributed by atoms with Crippen molar-refractivity contribution in [2.45, 2.75) is 57.3 Å². The molecule has 1 aliphatic heterocycles. The Morgan fingerprint density at radius 1 is 1.16 bits per heavy atom. The molecule has 0 radical (unpaired) electrons. The Labute approximate surface area is 146 Å². The van der Waals surface area contributed by atoms with Gasteiger partial charge >= 0.3 is 5.97 Å². The molecule has 25 heavy (non-hydrogen) atoms. The normalized spacial score (nSPS) is 27.1. The standard InChI is InChI=1S/C18H25N3O4/c22-16(21-9-13(11-5-6-11)14(10-21)18(23)24)8-7-15-19-17(20-25-15)12-3-1-2-4-12/h11-14H,1-10H2,(H,23,24)/t13-,14+/m1/s1. The van der Waals surface area contributed by atoms with Crippen LogP contribution in [0, 0.1) is 17.8 Å². The summed E-state index contributed by atoms with van der Waals surface area (Å²) in [7, 11) is 0. The zero-order valence-corrected chi connectivity index (χ0v) is 14.4. The second-order valence-corrected chi connectivity index (χ2v) is 7.77. The lowest BCUT2D eigenvalue weighted by molar-refractivity contribution is -0.142. The summed E-state index contributed by atoms with van der Waals surface area (Å²) in [6, 6.07) is 0. The van der Waals surface area contributed by atoms with Gasteiger partial charge in [-0.3, -0.25) is 9.59 Å². The number of aliphatic carboxylic acids is 1. The molecule has 7 nitrogen and oxygen atoms in total. The van der Waals surface area contributed by atoms with E-state index >= 15 is 0 Å². The Morgan fingerprint density at radius 3 is 2.60 bits per heavy atom. The van der Waals surface area contributed by atoms with Crippen LogP contribution in [0.1, 0.15) is 62.6 Å². The van der Waals surface area contributed by atoms with Crippen LogP contribution >= 0.6 is 0 Å². The van der Waals surface area contributed by atoms with Crippen LogP contribution in [0.25, 0.3) is 0 Å². The number of aryl methyl sites for hydroxylation is 1. The summed E-state index contributed by atoms with van der Waals surface area (Å²) in [5, 5.41) is 13.5. The SMILES string of the molecule is O=C(O)[C@H]1CN(C(=O)CCc2nc(C3CCCC3)no2)C[C@@H]1C1CC1. The van der Waals surface area contributed by atoms with Crippen molar-refractivity contribution in [1.82, 2.24) is 15.0 Å². The number of aromatic nitrogens is 2. The van der Waals surface area contributed by atoms with Crippen molar-refractivity contribution in [3.63, 3.8) is 0 Å². The first-order valence-corrected chi connectivity index (χ1v) is 9.45. The van der Waals surface area contributed by atoms with Gasteiger partial charge in [0.25, 0.3) is 0 Å². The second kappa shape index (κ2) is 6.77. The van der Waals surface area contributed by atoms with Gasteiger partial charge in [0.05, 0.1) is 5.92 Å². The summed E-state index contributed by atoms with van der Waals surface area (Å²) in [4.78, 5) is 30.1. The molecule has 2 aliphatic carbocycles. The number of hydrogen-bond donors (Lipinski definition) is 1. The van der Waals surface area contributed by atoms with Crippen molar-refractivity contribution in [3.8, 4) is 0 Å². The molecule has 0 unspecified atom stereocenters. The third-order valence-electron chi connectivity index (χ3n) is 6.02. The Hall–Kier alpha value is -1.92. The van der Waals surface area contributed by atoms with Crippen LogP contribution in [0.4, 0.5) is 0 Å². The summed E-state index contributed by atoms with van der Waals surface area (Å²) in [5.74, 6) is 1.13. The molecule has 0 bridgehead atoms. The topological polar surface area (TPSA) is 96.5 Å². The average Bonchev–Trinajstić information content (AvgIpc) is 3.05. The first kappa shape index (κ1) is 16.5. The van der Waals surface area contributed by atoms with Gasteiger partial charge in [-0.2, -0.15) is 4.98 Å². The number of hydrogen-bond acceptors (Lipinski definition) is 5. The predicted octanol–water partition coefficient (Wildman–Crippen LogP) is 2.23. The fourth-order valence-corrected chi connectivity index (χ4v) is 4.39. The maximum atomic E-state index is 12.5. The Kier molecular flexibility index (Phi) is 4.48. The number of amides is 1. The Balaban J connectivity index is 1.31. The van der Waals surface area contributed by atoms with E-state index < -0.39 is 11.9 Å². The molecular formula is C18H25N3O4. The van der Waals surface area contributed by atoms with E-state index in [1.165, 1.54) is 12.8 Å². The van der Waals surface area contributed by atoms with Crippen molar-refractivity contribution in [2.75, 3.05) is 13.1 Å². The lowest BCUT2D eigenvalue weighted by Crippen LogP contribution is -2.30. The van der Waals surface area contributed by atoms with E-state index in [9.17, 15) is 14.7 Å². The highest BCUT2D eigenvalue weighted by atomic mass is 16.5. The minimum absolute atomic E-state index is 0.00461. The van der Waals surface area contributed by atoms with Crippen LogP contribution in [0.2, 0.25) is 0 Å². The summed E-state index contributed by atoms with van der Waals surface area (Å²) in [6.07, 6.45) is 7.60. The molecule has 3 fully saturated rings. The Morgan fingerprint density at radius 2 is 1.92 bits per heavy atom. The monoisotopic (exact) mass is 347 g/mol. The first-order chi connectivity index (χ1) is 12.1. The van der Waals surface area contributed by atoms with Gasteiger partial charge in [0, 0.05) is 31.8 Å². The largest absolute Gasteiger partial charge is 0.481 e. The number of carbonyl (C=O) groups is 2. The molecule has 1 aromatic heterocycles. The zero-order chi connectivity index (χ0) is 17.4. The molecule has 0 aromatic carbocycles. The van der Waals surface area contributed by atoms with Crippen LogP contribution in [0.3, 0.4) is 0 Å². The predicted molar refractivity (Wildman–Crippen MR) is 87.7 cm³/mol. The van der Waals surface area contributed by atoms with Crippen molar-refractivity contribution in [2.24, 2.45) is 17.8 Å². The molecule has 1 aromatic rings. The van der Waals surface area contributed by atoms with Crippen LogP contribution < -0.4 is 0 Å². The molecule has 1 saturated heterocycles. The minimum atomic E-state index is -0.773. The van der Waals surface area contributed by atoms with Crippen molar-refractivity contribution in [3.05, 3.63) is 11.7 Å². The van der Waals surface area contributed by atoms with Gasteiger partial charge in [0.15, 0.2) is 5.82 Å². The van der Waals surface area contributed by atoms with Crippen molar-refractivity contribution in [1.29, 1.82) is 0 Å². The Bertz CT molecular complexity index is 649. The fourth-order valence-electron chi connectivity index (χ4n) is 4.39. The number of nitrogens with zero attached hydrogens (tertiary/aromatic N) is 3. The highest BCUT2D eigenvalue weighted by Crippen LogP contribution is 2.44. The summed E-state index contributed by atoms with van der Waals surface area (Å²) in [5.41, 5.74) is 0. The van der Waals surface area contributed by atoms with E-state index in [4.69, 9.17) is 4.52 Å². The lowest BCUT2D eigenvalue weighted by Gasteiger charge is -2.15.